The maximum atomic E-state index is 5.50. The lowest BCUT2D eigenvalue weighted by Crippen LogP contribution is -2.05. The number of aromatic nitrogens is 2. The van der Waals surface area contributed by atoms with E-state index in [1.165, 1.54) is 0 Å². The van der Waals surface area contributed by atoms with Crippen molar-refractivity contribution in [3.63, 3.8) is 0 Å². The normalized spacial score (nSPS) is 10.6. The number of nitrogens with two attached hydrogens (primary N) is 1. The lowest BCUT2D eigenvalue weighted by atomic mass is 10.4. The summed E-state index contributed by atoms with van der Waals surface area (Å²) < 4.78 is 11.9. The van der Waals surface area contributed by atoms with E-state index in [1.807, 2.05) is 7.05 Å². The number of ether oxygens (including phenoxy) is 2. The number of nitrogens with zero attached hydrogens (tertiary/aromatic N) is 2. The van der Waals surface area contributed by atoms with Crippen molar-refractivity contribution in [2.24, 2.45) is 7.05 Å². The van der Waals surface area contributed by atoms with Gasteiger partial charge in [0, 0.05) is 20.2 Å². The van der Waals surface area contributed by atoms with E-state index in [-0.39, 0.29) is 0 Å². The molecule has 5 nitrogen and oxygen atoms in total. The number of hydrogen-bond acceptors (Lipinski definition) is 4. The highest BCUT2D eigenvalue weighted by molar-refractivity contribution is 5.28. The Morgan fingerprint density at radius 1 is 1.54 bits per heavy atom. The molecule has 1 rings (SSSR count). The Bertz CT molecular complexity index is 260. The second-order valence-electron chi connectivity index (χ2n) is 2.73. The molecule has 0 unspecified atom stereocenters. The highest BCUT2D eigenvalue weighted by Gasteiger charge is 2.01. The fraction of sp³-hybridized carbons (Fsp3) is 0.625. The highest BCUT2D eigenvalue weighted by atomic mass is 16.5. The maximum absolute atomic E-state index is 5.50. The summed E-state index contributed by atoms with van der Waals surface area (Å²) in [7, 11) is 3.48. The van der Waals surface area contributed by atoms with Crippen LogP contribution in [-0.4, -0.2) is 30.1 Å². The average molecular weight is 185 g/mol. The fourth-order valence-corrected chi connectivity index (χ4v) is 0.984. The summed E-state index contributed by atoms with van der Waals surface area (Å²) in [6.45, 7) is 1.71. The molecule has 0 saturated heterocycles. The minimum absolute atomic E-state index is 0.518. The van der Waals surface area contributed by atoms with Gasteiger partial charge in [-0.3, -0.25) is 4.68 Å². The van der Waals surface area contributed by atoms with Crippen LogP contribution in [0.25, 0.3) is 0 Å². The van der Waals surface area contributed by atoms with Crippen molar-refractivity contribution in [1.29, 1.82) is 0 Å². The predicted molar refractivity (Wildman–Crippen MR) is 49.2 cm³/mol. The van der Waals surface area contributed by atoms with E-state index in [1.54, 1.807) is 17.9 Å². The molecule has 0 radical (unpaired) electrons. The predicted octanol–water partition coefficient (Wildman–Crippen LogP) is 0.165. The zero-order chi connectivity index (χ0) is 9.68. The number of aryl methyl sites for hydroxylation is 1. The maximum Gasteiger partial charge on any atom is 0.145 e. The van der Waals surface area contributed by atoms with Gasteiger partial charge in [0.2, 0.25) is 0 Å². The van der Waals surface area contributed by atoms with E-state index in [2.05, 4.69) is 5.10 Å². The molecule has 74 valence electrons. The first-order valence-electron chi connectivity index (χ1n) is 4.09. The smallest absolute Gasteiger partial charge is 0.145 e. The van der Waals surface area contributed by atoms with Crippen LogP contribution in [0.2, 0.25) is 0 Å². The third-order valence-corrected chi connectivity index (χ3v) is 1.68. The van der Waals surface area contributed by atoms with Crippen molar-refractivity contribution in [2.45, 2.75) is 6.61 Å². The van der Waals surface area contributed by atoms with E-state index < -0.39 is 0 Å². The van der Waals surface area contributed by atoms with Crippen LogP contribution < -0.4 is 5.73 Å². The number of anilines is 1. The van der Waals surface area contributed by atoms with Crippen molar-refractivity contribution >= 4 is 5.82 Å². The van der Waals surface area contributed by atoms with Gasteiger partial charge in [-0.1, -0.05) is 0 Å². The van der Waals surface area contributed by atoms with Crippen molar-refractivity contribution in [2.75, 3.05) is 26.1 Å². The van der Waals surface area contributed by atoms with Gasteiger partial charge in [-0.2, -0.15) is 5.10 Å². The molecule has 1 aromatic rings. The largest absolute Gasteiger partial charge is 0.382 e. The molecule has 0 spiro atoms. The first-order chi connectivity index (χ1) is 6.24. The quantitative estimate of drug-likeness (QED) is 0.664. The molecule has 0 aliphatic heterocycles. The summed E-state index contributed by atoms with van der Waals surface area (Å²) in [6, 6.07) is 1.80. The lowest BCUT2D eigenvalue weighted by Gasteiger charge is -2.02. The molecular weight excluding hydrogens is 170 g/mol. The molecule has 13 heavy (non-hydrogen) atoms. The molecule has 0 aliphatic rings. The number of nitrogen functional groups attached to an aromatic ring is 1. The lowest BCUT2D eigenvalue weighted by molar-refractivity contribution is 0.0589. The Kier molecular flexibility index (Phi) is 3.72. The van der Waals surface area contributed by atoms with Gasteiger partial charge in [0.1, 0.15) is 5.82 Å². The van der Waals surface area contributed by atoms with Gasteiger partial charge >= 0.3 is 0 Å². The molecular formula is C8H15N3O2. The number of rotatable bonds is 5. The average Bonchev–Trinajstić information content (AvgIpc) is 2.39. The summed E-state index contributed by atoms with van der Waals surface area (Å²) >= 11 is 0. The number of methoxy groups -OCH3 is 1. The topological polar surface area (TPSA) is 62.3 Å². The summed E-state index contributed by atoms with van der Waals surface area (Å²) in [4.78, 5) is 0. The zero-order valence-electron chi connectivity index (χ0n) is 7.99. The summed E-state index contributed by atoms with van der Waals surface area (Å²) in [5.74, 6) is 0.521. The van der Waals surface area contributed by atoms with E-state index in [9.17, 15) is 0 Å². The Balaban J connectivity index is 2.32. The molecule has 1 heterocycles. The highest BCUT2D eigenvalue weighted by Crippen LogP contribution is 2.05. The fourth-order valence-electron chi connectivity index (χ4n) is 0.984. The van der Waals surface area contributed by atoms with Crippen molar-refractivity contribution in [3.8, 4) is 0 Å². The molecule has 0 fully saturated rings. The Labute approximate surface area is 77.4 Å². The van der Waals surface area contributed by atoms with E-state index in [4.69, 9.17) is 15.2 Å². The Morgan fingerprint density at radius 2 is 2.31 bits per heavy atom. The molecule has 0 bridgehead atoms. The van der Waals surface area contributed by atoms with Crippen LogP contribution in [0.1, 0.15) is 5.69 Å². The molecule has 0 atom stereocenters. The van der Waals surface area contributed by atoms with E-state index in [0.717, 1.165) is 5.69 Å². The summed E-state index contributed by atoms with van der Waals surface area (Å²) in [5, 5.41) is 3.99. The van der Waals surface area contributed by atoms with E-state index in [0.29, 0.717) is 25.6 Å². The van der Waals surface area contributed by atoms with Gasteiger partial charge < -0.3 is 15.2 Å². The summed E-state index contributed by atoms with van der Waals surface area (Å²) in [5.41, 5.74) is 6.46. The van der Waals surface area contributed by atoms with Crippen LogP contribution in [0, 0.1) is 0 Å². The van der Waals surface area contributed by atoms with Gasteiger partial charge in [0.05, 0.1) is 25.5 Å². The second kappa shape index (κ2) is 4.84. The Hall–Kier alpha value is -1.07. The minimum atomic E-state index is 0.518. The van der Waals surface area contributed by atoms with Crippen molar-refractivity contribution in [3.05, 3.63) is 11.8 Å². The monoisotopic (exact) mass is 185 g/mol. The van der Waals surface area contributed by atoms with Gasteiger partial charge in [-0.25, -0.2) is 0 Å². The van der Waals surface area contributed by atoms with Crippen LogP contribution in [-0.2, 0) is 23.1 Å². The third-order valence-electron chi connectivity index (χ3n) is 1.68. The minimum Gasteiger partial charge on any atom is -0.382 e. The molecule has 0 saturated carbocycles. The standard InChI is InChI=1S/C8H15N3O2/c1-11-7(5-8(9)10-11)6-13-4-3-12-2/h5H,3-4,6H2,1-2H3,(H2,9,10). The van der Waals surface area contributed by atoms with Gasteiger partial charge in [-0.05, 0) is 0 Å². The van der Waals surface area contributed by atoms with Crippen LogP contribution in [0.5, 0.6) is 0 Å². The van der Waals surface area contributed by atoms with Gasteiger partial charge in [0.25, 0.3) is 0 Å². The van der Waals surface area contributed by atoms with Crippen LogP contribution in [0.15, 0.2) is 6.07 Å². The third kappa shape index (κ3) is 3.04. The molecule has 5 heteroatoms. The van der Waals surface area contributed by atoms with Crippen molar-refractivity contribution < 1.29 is 9.47 Å². The molecule has 1 aromatic heterocycles. The van der Waals surface area contributed by atoms with Crippen LogP contribution >= 0.6 is 0 Å². The summed E-state index contributed by atoms with van der Waals surface area (Å²) in [6.07, 6.45) is 0. The molecule has 2 N–H and O–H groups in total. The van der Waals surface area contributed by atoms with Crippen LogP contribution in [0.4, 0.5) is 5.82 Å². The van der Waals surface area contributed by atoms with Gasteiger partial charge in [-0.15, -0.1) is 0 Å². The SMILES string of the molecule is COCCOCc1cc(N)nn1C. The molecule has 0 aromatic carbocycles. The number of hydrogen-bond donors (Lipinski definition) is 1. The van der Waals surface area contributed by atoms with E-state index >= 15 is 0 Å². The first kappa shape index (κ1) is 10.0. The second-order valence-corrected chi connectivity index (χ2v) is 2.73. The van der Waals surface area contributed by atoms with Gasteiger partial charge in [0.15, 0.2) is 0 Å². The molecule has 0 aliphatic carbocycles. The van der Waals surface area contributed by atoms with Crippen molar-refractivity contribution in [1.82, 2.24) is 9.78 Å². The zero-order valence-corrected chi connectivity index (χ0v) is 7.99. The first-order valence-corrected chi connectivity index (χ1v) is 4.09. The Morgan fingerprint density at radius 3 is 2.85 bits per heavy atom. The van der Waals surface area contributed by atoms with Crippen LogP contribution in [0.3, 0.4) is 0 Å². The molecule has 0 amide bonds.